The molecule has 1 amide bonds. The van der Waals surface area contributed by atoms with Gasteiger partial charge in [-0.3, -0.25) is 4.79 Å². The zero-order valence-electron chi connectivity index (χ0n) is 8.36. The summed E-state index contributed by atoms with van der Waals surface area (Å²) in [4.78, 5) is 14.1. The molecule has 1 heterocycles. The van der Waals surface area contributed by atoms with Gasteiger partial charge in [-0.05, 0) is 19.1 Å². The van der Waals surface area contributed by atoms with E-state index in [0.717, 1.165) is 0 Å². The van der Waals surface area contributed by atoms with Crippen molar-refractivity contribution < 1.29 is 4.79 Å². The predicted molar refractivity (Wildman–Crippen MR) is 61.1 cm³/mol. The van der Waals surface area contributed by atoms with E-state index in [0.29, 0.717) is 28.7 Å². The monoisotopic (exact) mass is 242 g/mol. The quantitative estimate of drug-likeness (QED) is 0.815. The van der Waals surface area contributed by atoms with E-state index in [2.05, 4.69) is 0 Å². The maximum Gasteiger partial charge on any atom is 0.263 e. The van der Waals surface area contributed by atoms with Gasteiger partial charge in [0.15, 0.2) is 0 Å². The average molecular weight is 243 g/mol. The largest absolute Gasteiger partial charge is 0.337 e. The Morgan fingerprint density at radius 2 is 2.40 bits per heavy atom. The van der Waals surface area contributed by atoms with E-state index >= 15 is 0 Å². The second kappa shape index (κ2) is 5.74. The number of carbonyl (C=O) groups excluding carboxylic acids is 1. The zero-order valence-corrected chi connectivity index (χ0v) is 9.94. The third-order valence-electron chi connectivity index (χ3n) is 1.95. The van der Waals surface area contributed by atoms with Crippen molar-refractivity contribution in [2.75, 3.05) is 13.1 Å². The van der Waals surface area contributed by atoms with Crippen LogP contribution in [0.1, 0.15) is 23.0 Å². The van der Waals surface area contributed by atoms with Crippen molar-refractivity contribution in [2.24, 2.45) is 0 Å². The zero-order chi connectivity index (χ0) is 11.3. The molecule has 0 N–H and O–H groups in total. The van der Waals surface area contributed by atoms with Gasteiger partial charge in [0, 0.05) is 13.1 Å². The van der Waals surface area contributed by atoms with Crippen LogP contribution >= 0.6 is 22.9 Å². The highest BCUT2D eigenvalue weighted by Gasteiger charge is 2.15. The number of nitrogens with zero attached hydrogens (tertiary/aromatic N) is 2. The van der Waals surface area contributed by atoms with Crippen LogP contribution in [0.3, 0.4) is 0 Å². The Morgan fingerprint density at radius 3 is 2.87 bits per heavy atom. The molecule has 0 fully saturated rings. The van der Waals surface area contributed by atoms with Gasteiger partial charge in [-0.2, -0.15) is 5.26 Å². The first-order valence-corrected chi connectivity index (χ1v) is 5.80. The second-order valence-corrected chi connectivity index (χ2v) is 4.61. The van der Waals surface area contributed by atoms with Crippen molar-refractivity contribution in [1.29, 1.82) is 5.26 Å². The summed E-state index contributed by atoms with van der Waals surface area (Å²) in [6.07, 6.45) is 0.360. The minimum atomic E-state index is -0.0512. The van der Waals surface area contributed by atoms with Gasteiger partial charge < -0.3 is 4.90 Å². The fraction of sp³-hybridized carbons (Fsp3) is 0.400. The molecule has 0 saturated carbocycles. The summed E-state index contributed by atoms with van der Waals surface area (Å²) in [7, 11) is 0. The summed E-state index contributed by atoms with van der Waals surface area (Å²) in [5, 5.41) is 8.46. The van der Waals surface area contributed by atoms with Gasteiger partial charge in [0.05, 0.1) is 21.7 Å². The third-order valence-corrected chi connectivity index (χ3v) is 3.17. The SMILES string of the molecule is CCN(CCC#N)C(=O)c1ccc(Cl)s1. The van der Waals surface area contributed by atoms with Gasteiger partial charge in [0.2, 0.25) is 0 Å². The predicted octanol–water partition coefficient (Wildman–Crippen LogP) is 2.78. The lowest BCUT2D eigenvalue weighted by atomic mass is 10.3. The Bertz CT molecular complexity index is 383. The number of halogens is 1. The van der Waals surface area contributed by atoms with Crippen LogP contribution < -0.4 is 0 Å². The molecule has 1 aromatic rings. The van der Waals surface area contributed by atoms with Crippen molar-refractivity contribution in [2.45, 2.75) is 13.3 Å². The average Bonchev–Trinajstić information content (AvgIpc) is 2.65. The fourth-order valence-electron chi connectivity index (χ4n) is 1.17. The number of rotatable bonds is 4. The highest BCUT2D eigenvalue weighted by Crippen LogP contribution is 2.22. The lowest BCUT2D eigenvalue weighted by Crippen LogP contribution is -2.30. The van der Waals surface area contributed by atoms with Crippen LogP contribution in [0.2, 0.25) is 4.34 Å². The lowest BCUT2D eigenvalue weighted by molar-refractivity contribution is 0.0772. The first kappa shape index (κ1) is 12.0. The molecule has 0 unspecified atom stereocenters. The minimum Gasteiger partial charge on any atom is -0.337 e. The molecular formula is C10H11ClN2OS. The van der Waals surface area contributed by atoms with Gasteiger partial charge >= 0.3 is 0 Å². The van der Waals surface area contributed by atoms with Gasteiger partial charge in [0.1, 0.15) is 0 Å². The smallest absolute Gasteiger partial charge is 0.263 e. The molecule has 0 bridgehead atoms. The summed E-state index contributed by atoms with van der Waals surface area (Å²) < 4.78 is 0.606. The topological polar surface area (TPSA) is 44.1 Å². The van der Waals surface area contributed by atoms with Gasteiger partial charge in [-0.25, -0.2) is 0 Å². The van der Waals surface area contributed by atoms with Crippen LogP contribution in [0.25, 0.3) is 0 Å². The number of thiophene rings is 1. The molecule has 15 heavy (non-hydrogen) atoms. The summed E-state index contributed by atoms with van der Waals surface area (Å²) in [6.45, 7) is 2.97. The van der Waals surface area contributed by atoms with Crippen LogP contribution in [-0.4, -0.2) is 23.9 Å². The van der Waals surface area contributed by atoms with Crippen molar-refractivity contribution in [1.82, 2.24) is 4.90 Å². The van der Waals surface area contributed by atoms with E-state index in [9.17, 15) is 4.79 Å². The van der Waals surface area contributed by atoms with Gasteiger partial charge in [0.25, 0.3) is 5.91 Å². The molecule has 0 aliphatic carbocycles. The molecule has 0 aromatic carbocycles. The van der Waals surface area contributed by atoms with E-state index in [4.69, 9.17) is 16.9 Å². The van der Waals surface area contributed by atoms with Crippen molar-refractivity contribution in [3.05, 3.63) is 21.3 Å². The molecule has 0 atom stereocenters. The first-order chi connectivity index (χ1) is 7.19. The molecule has 80 valence electrons. The Labute approximate surface area is 97.9 Å². The molecule has 5 heteroatoms. The number of hydrogen-bond donors (Lipinski definition) is 0. The summed E-state index contributed by atoms with van der Waals surface area (Å²) >= 11 is 7.02. The van der Waals surface area contributed by atoms with E-state index in [-0.39, 0.29) is 5.91 Å². The molecule has 1 rings (SSSR count). The van der Waals surface area contributed by atoms with Crippen LogP contribution in [-0.2, 0) is 0 Å². The Balaban J connectivity index is 2.69. The molecule has 0 aliphatic rings. The van der Waals surface area contributed by atoms with Crippen LogP contribution in [0.4, 0.5) is 0 Å². The highest BCUT2D eigenvalue weighted by atomic mass is 35.5. The number of hydrogen-bond acceptors (Lipinski definition) is 3. The number of nitriles is 1. The summed E-state index contributed by atoms with van der Waals surface area (Å²) in [5.74, 6) is -0.0512. The number of amides is 1. The number of carbonyl (C=O) groups is 1. The van der Waals surface area contributed by atoms with Crippen LogP contribution in [0.15, 0.2) is 12.1 Å². The van der Waals surface area contributed by atoms with Crippen molar-refractivity contribution >= 4 is 28.8 Å². The summed E-state index contributed by atoms with van der Waals surface area (Å²) in [5.41, 5.74) is 0. The lowest BCUT2D eigenvalue weighted by Gasteiger charge is -2.18. The van der Waals surface area contributed by atoms with E-state index in [1.54, 1.807) is 17.0 Å². The Kier molecular flexibility index (Phi) is 4.60. The maximum atomic E-state index is 11.9. The van der Waals surface area contributed by atoms with Crippen molar-refractivity contribution in [3.8, 4) is 6.07 Å². The standard InChI is InChI=1S/C10H11ClN2OS/c1-2-13(7-3-6-12)10(14)8-4-5-9(11)15-8/h4-5H,2-3,7H2,1H3. The first-order valence-electron chi connectivity index (χ1n) is 4.60. The molecule has 0 spiro atoms. The van der Waals surface area contributed by atoms with E-state index in [1.807, 2.05) is 13.0 Å². The molecule has 0 radical (unpaired) electrons. The van der Waals surface area contributed by atoms with E-state index in [1.165, 1.54) is 11.3 Å². The Hall–Kier alpha value is -1.05. The molecule has 0 saturated heterocycles. The highest BCUT2D eigenvalue weighted by molar-refractivity contribution is 7.17. The van der Waals surface area contributed by atoms with Gasteiger partial charge in [-0.1, -0.05) is 11.6 Å². The third kappa shape index (κ3) is 3.22. The van der Waals surface area contributed by atoms with Crippen molar-refractivity contribution in [3.63, 3.8) is 0 Å². The van der Waals surface area contributed by atoms with Gasteiger partial charge in [-0.15, -0.1) is 11.3 Å². The van der Waals surface area contributed by atoms with Crippen LogP contribution in [0.5, 0.6) is 0 Å². The fourth-order valence-corrected chi connectivity index (χ4v) is 2.18. The van der Waals surface area contributed by atoms with E-state index < -0.39 is 0 Å². The normalized spacial score (nSPS) is 9.67. The second-order valence-electron chi connectivity index (χ2n) is 2.90. The van der Waals surface area contributed by atoms with Crippen LogP contribution in [0, 0.1) is 11.3 Å². The Morgan fingerprint density at radius 1 is 1.67 bits per heavy atom. The molecular weight excluding hydrogens is 232 g/mol. The molecule has 0 aliphatic heterocycles. The molecule has 1 aromatic heterocycles. The molecule has 3 nitrogen and oxygen atoms in total. The maximum absolute atomic E-state index is 11.9. The summed E-state index contributed by atoms with van der Waals surface area (Å²) in [6, 6.07) is 5.45. The minimum absolute atomic E-state index is 0.0512.